The van der Waals surface area contributed by atoms with Crippen molar-refractivity contribution in [3.05, 3.63) is 58.1 Å². The number of hydrogen-bond donors (Lipinski definition) is 0. The molecule has 0 N–H and O–H groups in total. The molecule has 0 spiro atoms. The predicted octanol–water partition coefficient (Wildman–Crippen LogP) is 4.15. The Kier molecular flexibility index (Phi) is 5.79. The lowest BCUT2D eigenvalue weighted by Gasteiger charge is -2.26. The van der Waals surface area contributed by atoms with E-state index in [9.17, 15) is 13.2 Å². The van der Waals surface area contributed by atoms with Gasteiger partial charge in [-0.1, -0.05) is 28.4 Å². The summed E-state index contributed by atoms with van der Waals surface area (Å²) in [4.78, 5) is 12.6. The lowest BCUT2D eigenvalue weighted by Crippen LogP contribution is -2.36. The van der Waals surface area contributed by atoms with Crippen molar-refractivity contribution in [3.8, 4) is 5.75 Å². The Hall–Kier alpha value is -1.70. The lowest BCUT2D eigenvalue weighted by atomic mass is 10.1. The molecule has 3 rings (SSSR count). The van der Waals surface area contributed by atoms with Crippen LogP contribution in [0.15, 0.2) is 51.8 Å². The predicted molar refractivity (Wildman–Crippen MR) is 103 cm³/mol. The number of nitrogens with zero attached hydrogens (tertiary/aromatic N) is 1. The van der Waals surface area contributed by atoms with Crippen LogP contribution in [-0.2, 0) is 10.0 Å². The van der Waals surface area contributed by atoms with Gasteiger partial charge in [0.1, 0.15) is 5.75 Å². The number of sulfonamides is 1. The first kappa shape index (κ1) is 19.1. The van der Waals surface area contributed by atoms with Gasteiger partial charge in [0, 0.05) is 17.6 Å². The zero-order chi connectivity index (χ0) is 18.7. The monoisotopic (exact) mass is 437 g/mol. The van der Waals surface area contributed by atoms with Crippen LogP contribution in [0.2, 0.25) is 0 Å². The minimum absolute atomic E-state index is 0.171. The molecule has 2 aromatic rings. The second-order valence-electron chi connectivity index (χ2n) is 6.29. The van der Waals surface area contributed by atoms with Crippen LogP contribution >= 0.6 is 15.9 Å². The fourth-order valence-electron chi connectivity index (χ4n) is 2.92. The molecule has 26 heavy (non-hydrogen) atoms. The van der Waals surface area contributed by atoms with Gasteiger partial charge in [0.2, 0.25) is 10.0 Å². The molecule has 0 radical (unpaired) electrons. The van der Waals surface area contributed by atoms with Crippen molar-refractivity contribution in [1.29, 1.82) is 0 Å². The first-order valence-electron chi connectivity index (χ1n) is 8.46. The van der Waals surface area contributed by atoms with Gasteiger partial charge in [-0.2, -0.15) is 4.31 Å². The van der Waals surface area contributed by atoms with Gasteiger partial charge in [-0.05, 0) is 61.7 Å². The van der Waals surface area contributed by atoms with E-state index in [1.807, 2.05) is 0 Å². The fraction of sp³-hybridized carbons (Fsp3) is 0.316. The SMILES string of the molecule is Cc1ccc(C(=O)Oc2ccc(Br)cc2)cc1S(=O)(=O)N1CCCCC1. The van der Waals surface area contributed by atoms with Gasteiger partial charge in [0.05, 0.1) is 10.5 Å². The molecule has 0 amide bonds. The average Bonchev–Trinajstić information content (AvgIpc) is 2.64. The lowest BCUT2D eigenvalue weighted by molar-refractivity contribution is 0.0734. The molecule has 1 aliphatic rings. The van der Waals surface area contributed by atoms with E-state index in [1.165, 1.54) is 10.4 Å². The summed E-state index contributed by atoms with van der Waals surface area (Å²) in [7, 11) is -3.61. The van der Waals surface area contributed by atoms with Crippen LogP contribution in [0.5, 0.6) is 5.75 Å². The minimum Gasteiger partial charge on any atom is -0.423 e. The fourth-order valence-corrected chi connectivity index (χ4v) is 4.95. The summed E-state index contributed by atoms with van der Waals surface area (Å²) in [6, 6.07) is 11.5. The van der Waals surface area contributed by atoms with E-state index in [-0.39, 0.29) is 10.5 Å². The third-order valence-electron chi connectivity index (χ3n) is 4.38. The van der Waals surface area contributed by atoms with Crippen LogP contribution in [0.25, 0.3) is 0 Å². The number of halogens is 1. The summed E-state index contributed by atoms with van der Waals surface area (Å²) in [5.74, 6) is -0.179. The molecule has 7 heteroatoms. The molecule has 0 aromatic heterocycles. The summed E-state index contributed by atoms with van der Waals surface area (Å²) in [6.07, 6.45) is 2.78. The van der Waals surface area contributed by atoms with Crippen LogP contribution in [-0.4, -0.2) is 31.8 Å². The molecule has 1 heterocycles. The normalized spacial score (nSPS) is 15.6. The topological polar surface area (TPSA) is 63.7 Å². The Morgan fingerprint density at radius 2 is 1.69 bits per heavy atom. The van der Waals surface area contributed by atoms with Crippen molar-refractivity contribution in [1.82, 2.24) is 4.31 Å². The molecule has 138 valence electrons. The van der Waals surface area contributed by atoms with Crippen molar-refractivity contribution in [2.75, 3.05) is 13.1 Å². The van der Waals surface area contributed by atoms with Gasteiger partial charge in [-0.15, -0.1) is 0 Å². The summed E-state index contributed by atoms with van der Waals surface area (Å²) < 4.78 is 33.6. The molecule has 0 saturated carbocycles. The Bertz CT molecular complexity index is 904. The highest BCUT2D eigenvalue weighted by atomic mass is 79.9. The quantitative estimate of drug-likeness (QED) is 0.532. The van der Waals surface area contributed by atoms with E-state index in [4.69, 9.17) is 4.74 Å². The number of ether oxygens (including phenoxy) is 1. The summed E-state index contributed by atoms with van der Waals surface area (Å²) in [5, 5.41) is 0. The van der Waals surface area contributed by atoms with E-state index < -0.39 is 16.0 Å². The third-order valence-corrected chi connectivity index (χ3v) is 6.95. The maximum absolute atomic E-state index is 12.9. The number of carbonyl (C=O) groups is 1. The molecule has 5 nitrogen and oxygen atoms in total. The van der Waals surface area contributed by atoms with Crippen LogP contribution in [0.4, 0.5) is 0 Å². The van der Waals surface area contributed by atoms with Gasteiger partial charge < -0.3 is 4.74 Å². The minimum atomic E-state index is -3.61. The van der Waals surface area contributed by atoms with Crippen LogP contribution in [0.1, 0.15) is 35.2 Å². The zero-order valence-electron chi connectivity index (χ0n) is 14.4. The zero-order valence-corrected chi connectivity index (χ0v) is 16.8. The second kappa shape index (κ2) is 7.90. The Morgan fingerprint density at radius 1 is 1.04 bits per heavy atom. The van der Waals surface area contributed by atoms with Crippen LogP contribution in [0, 0.1) is 6.92 Å². The first-order chi connectivity index (χ1) is 12.4. The van der Waals surface area contributed by atoms with Crippen LogP contribution < -0.4 is 4.74 Å². The third kappa shape index (κ3) is 4.16. The summed E-state index contributed by atoms with van der Waals surface area (Å²) in [6.45, 7) is 2.78. The number of esters is 1. The molecule has 0 bridgehead atoms. The Morgan fingerprint density at radius 3 is 2.35 bits per heavy atom. The highest BCUT2D eigenvalue weighted by molar-refractivity contribution is 9.10. The van der Waals surface area contributed by atoms with Crippen molar-refractivity contribution in [3.63, 3.8) is 0 Å². The molecule has 1 fully saturated rings. The van der Waals surface area contributed by atoms with Gasteiger partial charge >= 0.3 is 5.97 Å². The standard InChI is InChI=1S/C19H20BrNO4S/c1-14-5-6-15(19(22)25-17-9-7-16(20)8-10-17)13-18(14)26(23,24)21-11-3-2-4-12-21/h5-10,13H,2-4,11-12H2,1H3. The number of hydrogen-bond acceptors (Lipinski definition) is 4. The Labute approximate surface area is 162 Å². The van der Waals surface area contributed by atoms with E-state index in [0.717, 1.165) is 23.7 Å². The van der Waals surface area contributed by atoms with E-state index in [0.29, 0.717) is 24.4 Å². The molecule has 0 atom stereocenters. The van der Waals surface area contributed by atoms with Crippen molar-refractivity contribution in [2.45, 2.75) is 31.1 Å². The first-order valence-corrected chi connectivity index (χ1v) is 10.7. The molecular formula is C19H20BrNO4S. The van der Waals surface area contributed by atoms with Gasteiger partial charge in [0.15, 0.2) is 0 Å². The average molecular weight is 438 g/mol. The molecule has 2 aromatic carbocycles. The van der Waals surface area contributed by atoms with Gasteiger partial charge in [0.25, 0.3) is 0 Å². The van der Waals surface area contributed by atoms with Gasteiger partial charge in [-0.25, -0.2) is 13.2 Å². The second-order valence-corrected chi connectivity index (χ2v) is 9.11. The number of carbonyl (C=O) groups excluding carboxylic acids is 1. The van der Waals surface area contributed by atoms with E-state index in [1.54, 1.807) is 43.3 Å². The number of rotatable bonds is 4. The smallest absolute Gasteiger partial charge is 0.343 e. The Balaban J connectivity index is 1.87. The molecule has 1 saturated heterocycles. The van der Waals surface area contributed by atoms with Crippen molar-refractivity contribution < 1.29 is 17.9 Å². The largest absolute Gasteiger partial charge is 0.423 e. The highest BCUT2D eigenvalue weighted by Crippen LogP contribution is 2.25. The van der Waals surface area contributed by atoms with Crippen molar-refractivity contribution >= 4 is 31.9 Å². The maximum Gasteiger partial charge on any atom is 0.343 e. The molecule has 0 aliphatic carbocycles. The number of aryl methyl sites for hydroxylation is 1. The highest BCUT2D eigenvalue weighted by Gasteiger charge is 2.28. The summed E-state index contributed by atoms with van der Waals surface area (Å²) in [5.41, 5.74) is 0.838. The molecule has 1 aliphatic heterocycles. The van der Waals surface area contributed by atoms with Crippen molar-refractivity contribution in [2.24, 2.45) is 0 Å². The molecular weight excluding hydrogens is 418 g/mol. The van der Waals surface area contributed by atoms with E-state index in [2.05, 4.69) is 15.9 Å². The number of benzene rings is 2. The summed E-state index contributed by atoms with van der Waals surface area (Å²) >= 11 is 3.32. The van der Waals surface area contributed by atoms with Gasteiger partial charge in [-0.3, -0.25) is 0 Å². The number of piperidine rings is 1. The maximum atomic E-state index is 12.9. The van der Waals surface area contributed by atoms with E-state index >= 15 is 0 Å². The van der Waals surface area contributed by atoms with Crippen LogP contribution in [0.3, 0.4) is 0 Å². The molecule has 0 unspecified atom stereocenters.